The molecule has 36 heavy (non-hydrogen) atoms. The van der Waals surface area contributed by atoms with Gasteiger partial charge in [0, 0.05) is 41.5 Å². The maximum Gasteiger partial charge on any atom is 0.435 e. The molecule has 4 heterocycles. The Labute approximate surface area is 218 Å². The van der Waals surface area contributed by atoms with Crippen LogP contribution in [0.5, 0.6) is 0 Å². The first-order valence-corrected chi connectivity index (χ1v) is 12.3. The van der Waals surface area contributed by atoms with Crippen LogP contribution in [-0.4, -0.2) is 32.1 Å². The number of halogens is 5. The third kappa shape index (κ3) is 4.42. The smallest absolute Gasteiger partial charge is 0.333 e. The summed E-state index contributed by atoms with van der Waals surface area (Å²) >= 11 is 13.9. The van der Waals surface area contributed by atoms with Crippen molar-refractivity contribution in [2.45, 2.75) is 18.6 Å². The minimum atomic E-state index is -4.72. The number of carbonyl (C=O) groups excluding carboxylic acids is 1. The Balaban J connectivity index is 1.70. The average molecular weight is 549 g/mol. The Hall–Kier alpha value is -3.14. The van der Waals surface area contributed by atoms with Gasteiger partial charge in [-0.05, 0) is 34.9 Å². The molecule has 1 unspecified atom stereocenters. The van der Waals surface area contributed by atoms with E-state index in [1.165, 1.54) is 42.1 Å². The van der Waals surface area contributed by atoms with E-state index in [0.29, 0.717) is 22.0 Å². The summed E-state index contributed by atoms with van der Waals surface area (Å²) in [5, 5.41) is 4.03. The molecule has 0 N–H and O–H groups in total. The molecule has 0 saturated carbocycles. The standard InChI is InChI=1S/C25H17Cl2F3N4OS/c1-2-23(35)33-11-17(16-9-22(27)36-21(16)13-33)14-5-3-4-6-15(14)18-12-34(32-24(18)25(28,29)30)20-7-8-31-10-19(20)26/h2-10,12,17H,1,11,13H2. The number of benzene rings is 1. The molecule has 1 amide bonds. The van der Waals surface area contributed by atoms with Crippen LogP contribution in [0.3, 0.4) is 0 Å². The lowest BCUT2D eigenvalue weighted by Gasteiger charge is -2.33. The van der Waals surface area contributed by atoms with Crippen molar-refractivity contribution in [2.75, 3.05) is 6.54 Å². The average Bonchev–Trinajstić information content (AvgIpc) is 3.46. The van der Waals surface area contributed by atoms with Gasteiger partial charge in [0.2, 0.25) is 5.91 Å². The third-order valence-electron chi connectivity index (χ3n) is 6.02. The molecule has 4 aromatic rings. The van der Waals surface area contributed by atoms with Crippen molar-refractivity contribution < 1.29 is 18.0 Å². The molecule has 1 atom stereocenters. The summed E-state index contributed by atoms with van der Waals surface area (Å²) in [7, 11) is 0. The van der Waals surface area contributed by atoms with Crippen molar-refractivity contribution in [2.24, 2.45) is 0 Å². The van der Waals surface area contributed by atoms with Gasteiger partial charge >= 0.3 is 6.18 Å². The highest BCUT2D eigenvalue weighted by Gasteiger charge is 2.39. The number of alkyl halides is 3. The van der Waals surface area contributed by atoms with E-state index < -0.39 is 17.8 Å². The second-order valence-electron chi connectivity index (χ2n) is 8.15. The van der Waals surface area contributed by atoms with Crippen molar-refractivity contribution >= 4 is 40.4 Å². The molecule has 5 nitrogen and oxygen atoms in total. The predicted octanol–water partition coefficient (Wildman–Crippen LogP) is 6.98. The third-order valence-corrected chi connectivity index (χ3v) is 7.57. The van der Waals surface area contributed by atoms with E-state index in [-0.39, 0.29) is 28.7 Å². The van der Waals surface area contributed by atoms with E-state index in [1.807, 2.05) is 6.07 Å². The molecule has 0 saturated heterocycles. The number of aromatic nitrogens is 3. The van der Waals surface area contributed by atoms with E-state index in [0.717, 1.165) is 15.1 Å². The van der Waals surface area contributed by atoms with Gasteiger partial charge in [0.05, 0.1) is 21.6 Å². The first-order valence-electron chi connectivity index (χ1n) is 10.7. The molecule has 1 aliphatic heterocycles. The molecule has 3 aromatic heterocycles. The molecular formula is C25H17Cl2F3N4OS. The number of amides is 1. The Kier molecular flexibility index (Phi) is 6.40. The monoisotopic (exact) mass is 548 g/mol. The molecule has 0 aliphatic carbocycles. The highest BCUT2D eigenvalue weighted by molar-refractivity contribution is 7.16. The molecule has 0 fully saturated rings. The van der Waals surface area contributed by atoms with Crippen LogP contribution in [0.4, 0.5) is 13.2 Å². The van der Waals surface area contributed by atoms with Crippen molar-refractivity contribution in [3.8, 4) is 16.8 Å². The maximum atomic E-state index is 14.2. The first kappa shape index (κ1) is 24.5. The fourth-order valence-electron chi connectivity index (χ4n) is 4.45. The molecule has 0 bridgehead atoms. The zero-order valence-electron chi connectivity index (χ0n) is 18.5. The summed E-state index contributed by atoms with van der Waals surface area (Å²) in [4.78, 5) is 18.9. The lowest BCUT2D eigenvalue weighted by Crippen LogP contribution is -2.37. The molecule has 1 aliphatic rings. The lowest BCUT2D eigenvalue weighted by atomic mass is 9.84. The number of thiophene rings is 1. The van der Waals surface area contributed by atoms with Crippen LogP contribution in [0, 0.1) is 0 Å². The van der Waals surface area contributed by atoms with E-state index in [2.05, 4.69) is 16.7 Å². The minimum Gasteiger partial charge on any atom is -0.333 e. The summed E-state index contributed by atoms with van der Waals surface area (Å²) in [6.45, 7) is 4.21. The first-order chi connectivity index (χ1) is 17.2. The number of hydrogen-bond acceptors (Lipinski definition) is 4. The summed E-state index contributed by atoms with van der Waals surface area (Å²) in [6, 6.07) is 10.1. The maximum absolute atomic E-state index is 14.2. The van der Waals surface area contributed by atoms with E-state index in [4.69, 9.17) is 23.2 Å². The Morgan fingerprint density at radius 3 is 2.67 bits per heavy atom. The van der Waals surface area contributed by atoms with Gasteiger partial charge in [0.15, 0.2) is 5.69 Å². The predicted molar refractivity (Wildman–Crippen MR) is 134 cm³/mol. The second-order valence-corrected chi connectivity index (χ2v) is 10.3. The number of nitrogens with zero attached hydrogens (tertiary/aromatic N) is 4. The molecule has 5 rings (SSSR count). The Morgan fingerprint density at radius 1 is 1.17 bits per heavy atom. The fraction of sp³-hybridized carbons (Fsp3) is 0.160. The van der Waals surface area contributed by atoms with E-state index in [1.54, 1.807) is 29.2 Å². The number of hydrogen-bond donors (Lipinski definition) is 0. The molecule has 184 valence electrons. The highest BCUT2D eigenvalue weighted by Crippen LogP contribution is 2.45. The van der Waals surface area contributed by atoms with Crippen LogP contribution < -0.4 is 0 Å². The largest absolute Gasteiger partial charge is 0.435 e. The minimum absolute atomic E-state index is 0.0963. The summed E-state index contributed by atoms with van der Waals surface area (Å²) in [5.74, 6) is -0.657. The number of carbonyl (C=O) groups is 1. The van der Waals surface area contributed by atoms with Gasteiger partial charge < -0.3 is 4.90 Å². The Morgan fingerprint density at radius 2 is 1.94 bits per heavy atom. The van der Waals surface area contributed by atoms with Crippen LogP contribution in [0.15, 0.2) is 67.6 Å². The van der Waals surface area contributed by atoms with Gasteiger partial charge in [-0.2, -0.15) is 18.3 Å². The van der Waals surface area contributed by atoms with Crippen molar-refractivity contribution in [1.29, 1.82) is 0 Å². The van der Waals surface area contributed by atoms with Gasteiger partial charge in [-0.15, -0.1) is 11.3 Å². The van der Waals surface area contributed by atoms with Crippen LogP contribution in [-0.2, 0) is 17.5 Å². The zero-order valence-corrected chi connectivity index (χ0v) is 20.8. The lowest BCUT2D eigenvalue weighted by molar-refractivity contribution is -0.140. The van der Waals surface area contributed by atoms with Crippen molar-refractivity contribution in [3.05, 3.63) is 98.7 Å². The van der Waals surface area contributed by atoms with Gasteiger partial charge in [0.25, 0.3) is 0 Å². The Bertz CT molecular complexity index is 1480. The van der Waals surface area contributed by atoms with E-state index in [9.17, 15) is 18.0 Å². The number of fused-ring (bicyclic) bond motifs is 1. The molecular weight excluding hydrogens is 532 g/mol. The van der Waals surface area contributed by atoms with Gasteiger partial charge in [0.1, 0.15) is 0 Å². The van der Waals surface area contributed by atoms with Crippen LogP contribution in [0.2, 0.25) is 9.36 Å². The van der Waals surface area contributed by atoms with Gasteiger partial charge in [-0.1, -0.05) is 54.0 Å². The second kappa shape index (κ2) is 9.38. The summed E-state index contributed by atoms with van der Waals surface area (Å²) in [6.07, 6.45) is 0.599. The quantitative estimate of drug-likeness (QED) is 0.258. The summed E-state index contributed by atoms with van der Waals surface area (Å²) in [5.41, 5.74) is 1.01. The van der Waals surface area contributed by atoms with E-state index >= 15 is 0 Å². The normalized spacial score (nSPS) is 15.6. The topological polar surface area (TPSA) is 51.0 Å². The summed E-state index contributed by atoms with van der Waals surface area (Å²) < 4.78 is 44.2. The zero-order chi connectivity index (χ0) is 25.6. The van der Waals surface area contributed by atoms with Crippen molar-refractivity contribution in [1.82, 2.24) is 19.7 Å². The fourth-order valence-corrected chi connectivity index (χ4v) is 6.01. The molecule has 0 spiro atoms. The van der Waals surface area contributed by atoms with Crippen LogP contribution >= 0.6 is 34.5 Å². The molecule has 0 radical (unpaired) electrons. The van der Waals surface area contributed by atoms with Gasteiger partial charge in [-0.3, -0.25) is 9.78 Å². The van der Waals surface area contributed by atoms with Crippen LogP contribution in [0.25, 0.3) is 16.8 Å². The van der Waals surface area contributed by atoms with Gasteiger partial charge in [-0.25, -0.2) is 4.68 Å². The molecule has 11 heteroatoms. The van der Waals surface area contributed by atoms with Crippen LogP contribution in [0.1, 0.15) is 27.6 Å². The highest BCUT2D eigenvalue weighted by atomic mass is 35.5. The SMILES string of the molecule is C=CC(=O)N1Cc2sc(Cl)cc2C(c2ccccc2-c2cn(-c3ccncc3Cl)nc2C(F)(F)F)C1. The number of pyridine rings is 1. The molecule has 1 aromatic carbocycles. The number of rotatable bonds is 4. The van der Waals surface area contributed by atoms with Crippen molar-refractivity contribution in [3.63, 3.8) is 0 Å².